The maximum absolute atomic E-state index is 12.7. The van der Waals surface area contributed by atoms with Gasteiger partial charge in [-0.25, -0.2) is 0 Å². The van der Waals surface area contributed by atoms with Gasteiger partial charge in [0.2, 0.25) is 5.91 Å². The van der Waals surface area contributed by atoms with Crippen LogP contribution in [0, 0.1) is 0 Å². The number of nitrogens with zero attached hydrogens (tertiary/aromatic N) is 1. The summed E-state index contributed by atoms with van der Waals surface area (Å²) < 4.78 is 10.8. The molecule has 2 N–H and O–H groups in total. The van der Waals surface area contributed by atoms with E-state index in [1.807, 2.05) is 0 Å². The van der Waals surface area contributed by atoms with Crippen LogP contribution in [-0.2, 0) is 9.59 Å². The molecule has 1 aliphatic rings. The zero-order valence-corrected chi connectivity index (χ0v) is 17.3. The van der Waals surface area contributed by atoms with Gasteiger partial charge in [-0.2, -0.15) is 0 Å². The Labute approximate surface area is 177 Å². The number of aromatic hydroxyl groups is 1. The molecule has 0 saturated carbocycles. The molecule has 2 amide bonds. The van der Waals surface area contributed by atoms with Crippen LogP contribution in [0.5, 0.6) is 17.2 Å². The van der Waals surface area contributed by atoms with E-state index in [-0.39, 0.29) is 18.2 Å². The van der Waals surface area contributed by atoms with Gasteiger partial charge < -0.3 is 19.9 Å². The second-order valence-corrected chi connectivity index (χ2v) is 7.66. The third-order valence-corrected chi connectivity index (χ3v) is 5.39. The Balaban J connectivity index is 1.72. The average molecular weight is 431 g/mol. The molecule has 3 rings (SSSR count). The summed E-state index contributed by atoms with van der Waals surface area (Å²) in [4.78, 5) is 26.6. The number of carbonyl (C=O) groups excluding carboxylic acids is 2. The molecule has 1 fully saturated rings. The van der Waals surface area contributed by atoms with E-state index >= 15 is 0 Å². The summed E-state index contributed by atoms with van der Waals surface area (Å²) in [7, 11) is 3.08. The van der Waals surface area contributed by atoms with E-state index in [9.17, 15) is 14.7 Å². The van der Waals surface area contributed by atoms with Gasteiger partial charge in [0.25, 0.3) is 5.91 Å². The number of benzene rings is 2. The number of thioether (sulfide) groups is 1. The van der Waals surface area contributed by atoms with E-state index in [2.05, 4.69) is 5.32 Å². The second-order valence-electron chi connectivity index (χ2n) is 5.98. The van der Waals surface area contributed by atoms with Crippen molar-refractivity contribution in [2.75, 3.05) is 26.1 Å². The summed E-state index contributed by atoms with van der Waals surface area (Å²) in [5.74, 6) is 0.398. The van der Waals surface area contributed by atoms with E-state index in [1.54, 1.807) is 43.5 Å². The van der Waals surface area contributed by atoms with Crippen molar-refractivity contribution < 1.29 is 24.2 Å². The van der Waals surface area contributed by atoms with Crippen LogP contribution in [0.2, 0.25) is 0 Å². The SMILES string of the molecule is COc1ccc(/C=C2/SC(=S)N(CC(=O)Nc3cccc(O)c3)C2=O)cc1OC. The smallest absolute Gasteiger partial charge is 0.266 e. The predicted octanol–water partition coefficient (Wildman–Crippen LogP) is 3.25. The third-order valence-electron chi connectivity index (χ3n) is 4.01. The van der Waals surface area contributed by atoms with Crippen molar-refractivity contribution in [2.45, 2.75) is 0 Å². The van der Waals surface area contributed by atoms with Gasteiger partial charge in [-0.1, -0.05) is 36.1 Å². The molecule has 7 nitrogen and oxygen atoms in total. The number of nitrogens with one attached hydrogen (secondary N) is 1. The molecule has 0 radical (unpaired) electrons. The molecule has 0 bridgehead atoms. The fourth-order valence-electron chi connectivity index (χ4n) is 2.66. The Morgan fingerprint density at radius 2 is 1.97 bits per heavy atom. The Morgan fingerprint density at radius 1 is 1.21 bits per heavy atom. The first-order valence-electron chi connectivity index (χ1n) is 8.47. The lowest BCUT2D eigenvalue weighted by molar-refractivity contribution is -0.126. The number of hydrogen-bond acceptors (Lipinski definition) is 7. The number of hydrogen-bond donors (Lipinski definition) is 2. The van der Waals surface area contributed by atoms with Crippen molar-refractivity contribution >= 4 is 51.9 Å². The number of phenols is 1. The van der Waals surface area contributed by atoms with Crippen LogP contribution < -0.4 is 14.8 Å². The number of ether oxygens (including phenoxy) is 2. The van der Waals surface area contributed by atoms with Crippen LogP contribution in [0.4, 0.5) is 5.69 Å². The summed E-state index contributed by atoms with van der Waals surface area (Å²) in [6.45, 7) is -0.219. The molecule has 0 aliphatic carbocycles. The predicted molar refractivity (Wildman–Crippen MR) is 116 cm³/mol. The van der Waals surface area contributed by atoms with E-state index in [4.69, 9.17) is 21.7 Å². The number of rotatable bonds is 6. The number of anilines is 1. The minimum atomic E-state index is -0.417. The molecule has 0 atom stereocenters. The van der Waals surface area contributed by atoms with Crippen LogP contribution in [0.15, 0.2) is 47.4 Å². The summed E-state index contributed by atoms with van der Waals surface area (Å²) in [6, 6.07) is 11.4. The Kier molecular flexibility index (Phi) is 6.40. The molecule has 150 valence electrons. The third kappa shape index (κ3) is 4.87. The highest BCUT2D eigenvalue weighted by molar-refractivity contribution is 8.26. The Morgan fingerprint density at radius 3 is 2.66 bits per heavy atom. The fraction of sp³-hybridized carbons (Fsp3) is 0.150. The van der Waals surface area contributed by atoms with Crippen molar-refractivity contribution in [2.24, 2.45) is 0 Å². The van der Waals surface area contributed by atoms with Crippen LogP contribution >= 0.6 is 24.0 Å². The van der Waals surface area contributed by atoms with Gasteiger partial charge in [0.1, 0.15) is 16.6 Å². The lowest BCUT2D eigenvalue weighted by Crippen LogP contribution is -2.36. The molecule has 1 saturated heterocycles. The molecule has 1 heterocycles. The van der Waals surface area contributed by atoms with Crippen LogP contribution in [0.25, 0.3) is 6.08 Å². The molecule has 0 spiro atoms. The minimum absolute atomic E-state index is 0.0336. The zero-order chi connectivity index (χ0) is 21.0. The minimum Gasteiger partial charge on any atom is -0.508 e. The lowest BCUT2D eigenvalue weighted by atomic mass is 10.2. The Bertz CT molecular complexity index is 1010. The largest absolute Gasteiger partial charge is 0.508 e. The number of amides is 2. The lowest BCUT2D eigenvalue weighted by Gasteiger charge is -2.14. The first-order valence-corrected chi connectivity index (χ1v) is 9.70. The van der Waals surface area contributed by atoms with Crippen molar-refractivity contribution in [1.29, 1.82) is 0 Å². The van der Waals surface area contributed by atoms with Crippen molar-refractivity contribution in [3.05, 3.63) is 52.9 Å². The fourth-order valence-corrected chi connectivity index (χ4v) is 3.91. The first-order chi connectivity index (χ1) is 13.9. The standard InChI is InChI=1S/C20H18N2O5S2/c1-26-15-7-6-12(8-16(15)27-2)9-17-19(25)22(20(28)29-17)11-18(24)21-13-4-3-5-14(23)10-13/h3-10,23H,11H2,1-2H3,(H,21,24)/b17-9+. The highest BCUT2D eigenvalue weighted by Crippen LogP contribution is 2.34. The topological polar surface area (TPSA) is 88.1 Å². The van der Waals surface area contributed by atoms with E-state index in [0.29, 0.717) is 26.4 Å². The maximum atomic E-state index is 12.7. The van der Waals surface area contributed by atoms with Gasteiger partial charge in [0, 0.05) is 11.8 Å². The molecule has 2 aromatic rings. The highest BCUT2D eigenvalue weighted by Gasteiger charge is 2.33. The van der Waals surface area contributed by atoms with Crippen LogP contribution in [0.3, 0.4) is 0 Å². The molecule has 1 aliphatic heterocycles. The Hall–Kier alpha value is -3.04. The number of thiocarbonyl (C=S) groups is 1. The molecule has 0 aromatic heterocycles. The summed E-state index contributed by atoms with van der Waals surface area (Å²) >= 11 is 6.39. The molecule has 29 heavy (non-hydrogen) atoms. The molecular weight excluding hydrogens is 412 g/mol. The molecule has 0 unspecified atom stereocenters. The van der Waals surface area contributed by atoms with Gasteiger partial charge in [-0.05, 0) is 35.9 Å². The van der Waals surface area contributed by atoms with Crippen molar-refractivity contribution in [3.63, 3.8) is 0 Å². The number of phenolic OH excluding ortho intramolecular Hbond substituents is 1. The van der Waals surface area contributed by atoms with Gasteiger partial charge in [0.15, 0.2) is 11.5 Å². The molecule has 9 heteroatoms. The summed E-state index contributed by atoms with van der Waals surface area (Å²) in [5.41, 5.74) is 1.17. The molecule has 2 aromatic carbocycles. The van der Waals surface area contributed by atoms with Crippen molar-refractivity contribution in [3.8, 4) is 17.2 Å². The van der Waals surface area contributed by atoms with Crippen LogP contribution in [-0.4, -0.2) is 46.9 Å². The normalized spacial score (nSPS) is 15.0. The van der Waals surface area contributed by atoms with Gasteiger partial charge in [-0.3, -0.25) is 14.5 Å². The van der Waals surface area contributed by atoms with E-state index < -0.39 is 5.91 Å². The summed E-state index contributed by atoms with van der Waals surface area (Å²) in [6.07, 6.45) is 1.69. The second kappa shape index (κ2) is 8.97. The zero-order valence-electron chi connectivity index (χ0n) is 15.7. The van der Waals surface area contributed by atoms with Crippen LogP contribution in [0.1, 0.15) is 5.56 Å². The maximum Gasteiger partial charge on any atom is 0.266 e. The highest BCUT2D eigenvalue weighted by atomic mass is 32.2. The van der Waals surface area contributed by atoms with Gasteiger partial charge >= 0.3 is 0 Å². The first kappa shape index (κ1) is 20.7. The molecular formula is C20H18N2O5S2. The average Bonchev–Trinajstić information content (AvgIpc) is 2.95. The van der Waals surface area contributed by atoms with E-state index in [1.165, 1.54) is 24.1 Å². The summed E-state index contributed by atoms with van der Waals surface area (Å²) in [5, 5.41) is 12.1. The van der Waals surface area contributed by atoms with E-state index in [0.717, 1.165) is 17.3 Å². The van der Waals surface area contributed by atoms with Crippen molar-refractivity contribution in [1.82, 2.24) is 4.90 Å². The quantitative estimate of drug-likeness (QED) is 0.537. The number of carbonyl (C=O) groups is 2. The monoisotopic (exact) mass is 430 g/mol. The number of methoxy groups -OCH3 is 2. The van der Waals surface area contributed by atoms with Gasteiger partial charge in [-0.15, -0.1) is 0 Å². The van der Waals surface area contributed by atoms with Gasteiger partial charge in [0.05, 0.1) is 19.1 Å².